The number of aromatic nitrogens is 2. The lowest BCUT2D eigenvalue weighted by atomic mass is 10.0. The number of sulfonamides is 1. The minimum Gasteiger partial charge on any atom is -0.381 e. The van der Waals surface area contributed by atoms with E-state index >= 15 is 0 Å². The monoisotopic (exact) mass is 351 g/mol. The Morgan fingerprint density at radius 2 is 2.21 bits per heavy atom. The zero-order chi connectivity index (χ0) is 17.0. The van der Waals surface area contributed by atoms with Gasteiger partial charge in [-0.25, -0.2) is 27.5 Å². The highest BCUT2D eigenvalue weighted by molar-refractivity contribution is 7.89. The Kier molecular flexibility index (Phi) is 5.17. The molecule has 8 heteroatoms. The standard InChI is InChI=1S/C16H18FN3O3S/c17-13-4-1-5-15(9-13)24(21,22)19-10-14-6-7-18-16(20-14)12-3-2-8-23-11-12/h1,4-7,9,12,19H,2-3,8,10-11H2/t12-/m0/s1. The van der Waals surface area contributed by atoms with Gasteiger partial charge in [-0.3, -0.25) is 0 Å². The van der Waals surface area contributed by atoms with Crippen molar-refractivity contribution in [3.63, 3.8) is 0 Å². The van der Waals surface area contributed by atoms with Crippen LogP contribution in [0.15, 0.2) is 41.4 Å². The van der Waals surface area contributed by atoms with Crippen molar-refractivity contribution in [2.45, 2.75) is 30.2 Å². The lowest BCUT2D eigenvalue weighted by Gasteiger charge is -2.20. The second-order valence-electron chi connectivity index (χ2n) is 5.60. The molecule has 1 fully saturated rings. The van der Waals surface area contributed by atoms with Crippen LogP contribution in [0.3, 0.4) is 0 Å². The third-order valence-corrected chi connectivity index (χ3v) is 5.21. The minimum absolute atomic E-state index is 0.0158. The second-order valence-corrected chi connectivity index (χ2v) is 7.37. The van der Waals surface area contributed by atoms with E-state index in [9.17, 15) is 12.8 Å². The molecule has 0 aliphatic carbocycles. The zero-order valence-electron chi connectivity index (χ0n) is 13.0. The van der Waals surface area contributed by atoms with Crippen LogP contribution in [-0.2, 0) is 21.3 Å². The van der Waals surface area contributed by atoms with Crippen molar-refractivity contribution in [2.24, 2.45) is 0 Å². The Morgan fingerprint density at radius 3 is 2.96 bits per heavy atom. The van der Waals surface area contributed by atoms with Crippen LogP contribution in [0.25, 0.3) is 0 Å². The summed E-state index contributed by atoms with van der Waals surface area (Å²) in [6.07, 6.45) is 3.53. The van der Waals surface area contributed by atoms with Gasteiger partial charge in [-0.1, -0.05) is 6.07 Å². The van der Waals surface area contributed by atoms with Gasteiger partial charge < -0.3 is 4.74 Å². The molecule has 0 radical (unpaired) electrons. The number of benzene rings is 1. The van der Waals surface area contributed by atoms with Crippen molar-refractivity contribution in [1.82, 2.24) is 14.7 Å². The number of hydrogen-bond donors (Lipinski definition) is 1. The molecule has 1 aliphatic rings. The molecule has 0 amide bonds. The van der Waals surface area contributed by atoms with Crippen LogP contribution in [0.4, 0.5) is 4.39 Å². The van der Waals surface area contributed by atoms with E-state index in [2.05, 4.69) is 14.7 Å². The molecule has 1 N–H and O–H groups in total. The first kappa shape index (κ1) is 16.9. The first-order chi connectivity index (χ1) is 11.5. The summed E-state index contributed by atoms with van der Waals surface area (Å²) in [4.78, 5) is 8.56. The van der Waals surface area contributed by atoms with Crippen molar-refractivity contribution < 1.29 is 17.5 Å². The van der Waals surface area contributed by atoms with E-state index in [-0.39, 0.29) is 17.4 Å². The average Bonchev–Trinajstić information content (AvgIpc) is 2.61. The van der Waals surface area contributed by atoms with Gasteiger partial charge >= 0.3 is 0 Å². The van der Waals surface area contributed by atoms with Crippen LogP contribution >= 0.6 is 0 Å². The van der Waals surface area contributed by atoms with Crippen molar-refractivity contribution in [3.8, 4) is 0 Å². The maximum atomic E-state index is 13.2. The summed E-state index contributed by atoms with van der Waals surface area (Å²) in [7, 11) is -3.79. The molecular formula is C16H18FN3O3S. The summed E-state index contributed by atoms with van der Waals surface area (Å²) < 4.78 is 45.5. The van der Waals surface area contributed by atoms with Crippen LogP contribution in [0.2, 0.25) is 0 Å². The van der Waals surface area contributed by atoms with Gasteiger partial charge in [-0.2, -0.15) is 0 Å². The quantitative estimate of drug-likeness (QED) is 0.891. The average molecular weight is 351 g/mol. The molecule has 24 heavy (non-hydrogen) atoms. The first-order valence-corrected chi connectivity index (χ1v) is 9.18. The van der Waals surface area contributed by atoms with Gasteiger partial charge in [0.25, 0.3) is 0 Å². The largest absolute Gasteiger partial charge is 0.381 e. The van der Waals surface area contributed by atoms with E-state index < -0.39 is 15.8 Å². The van der Waals surface area contributed by atoms with E-state index in [0.717, 1.165) is 25.5 Å². The Labute approximate surface area is 140 Å². The van der Waals surface area contributed by atoms with Gasteiger partial charge in [0.05, 0.1) is 23.7 Å². The summed E-state index contributed by atoms with van der Waals surface area (Å²) in [6, 6.07) is 6.53. The van der Waals surface area contributed by atoms with E-state index in [1.54, 1.807) is 12.3 Å². The summed E-state index contributed by atoms with van der Waals surface area (Å²) in [5.74, 6) is 0.204. The molecule has 0 saturated carbocycles. The predicted octanol–water partition coefficient (Wildman–Crippen LogP) is 1.99. The minimum atomic E-state index is -3.79. The van der Waals surface area contributed by atoms with E-state index in [1.807, 2.05) is 0 Å². The molecule has 2 aromatic rings. The highest BCUT2D eigenvalue weighted by Crippen LogP contribution is 2.22. The maximum Gasteiger partial charge on any atom is 0.241 e. The van der Waals surface area contributed by atoms with Crippen LogP contribution < -0.4 is 4.72 Å². The smallest absolute Gasteiger partial charge is 0.241 e. The molecule has 128 valence electrons. The molecule has 0 bridgehead atoms. The summed E-state index contributed by atoms with van der Waals surface area (Å²) in [5.41, 5.74) is 0.561. The van der Waals surface area contributed by atoms with Crippen LogP contribution in [-0.4, -0.2) is 31.6 Å². The number of hydrogen-bond acceptors (Lipinski definition) is 5. The molecule has 1 saturated heterocycles. The summed E-state index contributed by atoms with van der Waals surface area (Å²) in [5, 5.41) is 0. The zero-order valence-corrected chi connectivity index (χ0v) is 13.8. The Balaban J connectivity index is 1.70. The molecule has 0 spiro atoms. The molecule has 1 aromatic heterocycles. The molecule has 1 aliphatic heterocycles. The lowest BCUT2D eigenvalue weighted by molar-refractivity contribution is 0.0780. The highest BCUT2D eigenvalue weighted by Gasteiger charge is 2.19. The van der Waals surface area contributed by atoms with Crippen LogP contribution in [0.1, 0.15) is 30.3 Å². The van der Waals surface area contributed by atoms with Gasteiger partial charge in [-0.15, -0.1) is 0 Å². The molecule has 0 unspecified atom stereocenters. The van der Waals surface area contributed by atoms with E-state index in [1.165, 1.54) is 18.2 Å². The third kappa shape index (κ3) is 4.14. The summed E-state index contributed by atoms with van der Waals surface area (Å²) >= 11 is 0. The fraction of sp³-hybridized carbons (Fsp3) is 0.375. The SMILES string of the molecule is O=S(=O)(NCc1ccnc([C@H]2CCCOC2)n1)c1cccc(F)c1. The Hall–Kier alpha value is -1.90. The lowest BCUT2D eigenvalue weighted by Crippen LogP contribution is -2.24. The van der Waals surface area contributed by atoms with Gasteiger partial charge in [0.1, 0.15) is 11.6 Å². The van der Waals surface area contributed by atoms with Crippen molar-refractivity contribution >= 4 is 10.0 Å². The van der Waals surface area contributed by atoms with E-state index in [4.69, 9.17) is 4.74 Å². The van der Waals surface area contributed by atoms with E-state index in [0.29, 0.717) is 18.1 Å². The number of nitrogens with zero attached hydrogens (tertiary/aromatic N) is 2. The highest BCUT2D eigenvalue weighted by atomic mass is 32.2. The fourth-order valence-corrected chi connectivity index (χ4v) is 3.57. The topological polar surface area (TPSA) is 81.2 Å². The van der Waals surface area contributed by atoms with Gasteiger partial charge in [-0.05, 0) is 37.1 Å². The van der Waals surface area contributed by atoms with Gasteiger partial charge in [0.15, 0.2) is 0 Å². The van der Waals surface area contributed by atoms with Crippen LogP contribution in [0, 0.1) is 5.82 Å². The summed E-state index contributed by atoms with van der Waals surface area (Å²) in [6.45, 7) is 1.35. The van der Waals surface area contributed by atoms with Gasteiger partial charge in [0.2, 0.25) is 10.0 Å². The molecule has 2 heterocycles. The number of rotatable bonds is 5. The van der Waals surface area contributed by atoms with Gasteiger partial charge in [0, 0.05) is 18.7 Å². The number of halogens is 1. The fourth-order valence-electron chi connectivity index (χ4n) is 2.54. The molecule has 1 atom stereocenters. The normalized spacial score (nSPS) is 18.5. The number of nitrogens with one attached hydrogen (secondary N) is 1. The van der Waals surface area contributed by atoms with Crippen LogP contribution in [0.5, 0.6) is 0 Å². The maximum absolute atomic E-state index is 13.2. The first-order valence-electron chi connectivity index (χ1n) is 7.69. The molecule has 3 rings (SSSR count). The molecule has 1 aromatic carbocycles. The van der Waals surface area contributed by atoms with Crippen molar-refractivity contribution in [3.05, 3.63) is 53.9 Å². The molecule has 6 nitrogen and oxygen atoms in total. The van der Waals surface area contributed by atoms with Crippen molar-refractivity contribution in [1.29, 1.82) is 0 Å². The third-order valence-electron chi connectivity index (χ3n) is 3.81. The molecular weight excluding hydrogens is 333 g/mol. The number of ether oxygens (including phenoxy) is 1. The predicted molar refractivity (Wildman–Crippen MR) is 85.3 cm³/mol. The van der Waals surface area contributed by atoms with Crippen molar-refractivity contribution in [2.75, 3.05) is 13.2 Å². The second kappa shape index (κ2) is 7.33. The Morgan fingerprint density at radius 1 is 1.33 bits per heavy atom. The Bertz CT molecular complexity index is 808.